The van der Waals surface area contributed by atoms with E-state index in [0.29, 0.717) is 11.8 Å². The van der Waals surface area contributed by atoms with E-state index >= 15 is 0 Å². The van der Waals surface area contributed by atoms with E-state index < -0.39 is 0 Å². The van der Waals surface area contributed by atoms with Crippen molar-refractivity contribution in [3.05, 3.63) is 0 Å². The standard InChI is InChI=1S/C12H21NOS/c1-12(2)9-13(7-8-15-12)11(14)10-5-3-4-6-10/h10H,3-9H2,1-2H3. The van der Waals surface area contributed by atoms with Gasteiger partial charge in [0.2, 0.25) is 5.91 Å². The van der Waals surface area contributed by atoms with Gasteiger partial charge in [0.1, 0.15) is 0 Å². The predicted molar refractivity (Wildman–Crippen MR) is 65.1 cm³/mol. The average Bonchev–Trinajstić information content (AvgIpc) is 2.67. The van der Waals surface area contributed by atoms with E-state index in [9.17, 15) is 4.79 Å². The first-order chi connectivity index (χ1) is 7.08. The molecule has 3 heteroatoms. The Morgan fingerprint density at radius 1 is 1.33 bits per heavy atom. The molecule has 0 bridgehead atoms. The van der Waals surface area contributed by atoms with Crippen LogP contribution in [-0.2, 0) is 4.79 Å². The van der Waals surface area contributed by atoms with Gasteiger partial charge in [0.05, 0.1) is 0 Å². The van der Waals surface area contributed by atoms with Gasteiger partial charge in [0, 0.05) is 29.5 Å². The molecule has 86 valence electrons. The van der Waals surface area contributed by atoms with Gasteiger partial charge in [-0.15, -0.1) is 0 Å². The molecule has 0 N–H and O–H groups in total. The highest BCUT2D eigenvalue weighted by molar-refractivity contribution is 8.00. The molecule has 1 saturated heterocycles. The number of carbonyl (C=O) groups excluding carboxylic acids is 1. The number of hydrogen-bond acceptors (Lipinski definition) is 2. The van der Waals surface area contributed by atoms with Gasteiger partial charge in [-0.3, -0.25) is 4.79 Å². The van der Waals surface area contributed by atoms with E-state index in [0.717, 1.165) is 31.7 Å². The summed E-state index contributed by atoms with van der Waals surface area (Å²) in [6, 6.07) is 0. The Labute approximate surface area is 96.8 Å². The maximum absolute atomic E-state index is 12.2. The molecule has 2 nitrogen and oxygen atoms in total. The van der Waals surface area contributed by atoms with Crippen LogP contribution in [0.2, 0.25) is 0 Å². The first kappa shape index (κ1) is 11.3. The summed E-state index contributed by atoms with van der Waals surface area (Å²) in [6.07, 6.45) is 4.76. The topological polar surface area (TPSA) is 20.3 Å². The second kappa shape index (κ2) is 4.36. The number of amides is 1. The summed E-state index contributed by atoms with van der Waals surface area (Å²) in [6.45, 7) is 6.38. The van der Waals surface area contributed by atoms with Crippen LogP contribution >= 0.6 is 11.8 Å². The summed E-state index contributed by atoms with van der Waals surface area (Å²) < 4.78 is 0.256. The van der Waals surface area contributed by atoms with Crippen LogP contribution in [-0.4, -0.2) is 34.4 Å². The van der Waals surface area contributed by atoms with E-state index in [2.05, 4.69) is 18.7 Å². The molecule has 1 aliphatic heterocycles. The summed E-state index contributed by atoms with van der Waals surface area (Å²) in [4.78, 5) is 14.3. The number of carbonyl (C=O) groups is 1. The Balaban J connectivity index is 1.94. The average molecular weight is 227 g/mol. The van der Waals surface area contributed by atoms with Gasteiger partial charge in [-0.25, -0.2) is 0 Å². The van der Waals surface area contributed by atoms with Crippen LogP contribution < -0.4 is 0 Å². The largest absolute Gasteiger partial charge is 0.340 e. The lowest BCUT2D eigenvalue weighted by Crippen LogP contribution is -2.47. The van der Waals surface area contributed by atoms with Gasteiger partial charge < -0.3 is 4.90 Å². The van der Waals surface area contributed by atoms with Crippen LogP contribution in [0, 0.1) is 5.92 Å². The Morgan fingerprint density at radius 2 is 2.00 bits per heavy atom. The van der Waals surface area contributed by atoms with Crippen LogP contribution in [0.1, 0.15) is 39.5 Å². The molecule has 2 rings (SSSR count). The zero-order valence-electron chi connectivity index (χ0n) is 9.79. The highest BCUT2D eigenvalue weighted by atomic mass is 32.2. The molecule has 0 spiro atoms. The number of hydrogen-bond donors (Lipinski definition) is 0. The molecule has 2 fully saturated rings. The second-order valence-corrected chi connectivity index (χ2v) is 7.15. The fraction of sp³-hybridized carbons (Fsp3) is 0.917. The maximum Gasteiger partial charge on any atom is 0.225 e. The Kier molecular flexibility index (Phi) is 3.29. The highest BCUT2D eigenvalue weighted by Gasteiger charge is 2.33. The van der Waals surface area contributed by atoms with Gasteiger partial charge in [0.25, 0.3) is 0 Å². The first-order valence-corrected chi connectivity index (χ1v) is 7.00. The zero-order valence-corrected chi connectivity index (χ0v) is 10.6. The molecule has 0 radical (unpaired) electrons. The third-order valence-corrected chi connectivity index (χ3v) is 4.74. The summed E-state index contributed by atoms with van der Waals surface area (Å²) in [5.74, 6) is 1.88. The van der Waals surface area contributed by atoms with Gasteiger partial charge in [0.15, 0.2) is 0 Å². The normalized spacial score (nSPS) is 26.9. The molecule has 1 saturated carbocycles. The van der Waals surface area contributed by atoms with E-state index in [1.54, 1.807) is 0 Å². The maximum atomic E-state index is 12.2. The number of rotatable bonds is 1. The Hall–Kier alpha value is -0.180. The van der Waals surface area contributed by atoms with Crippen molar-refractivity contribution in [3.63, 3.8) is 0 Å². The van der Waals surface area contributed by atoms with Crippen LogP contribution in [0.4, 0.5) is 0 Å². The number of thioether (sulfide) groups is 1. The van der Waals surface area contributed by atoms with Crippen LogP contribution in [0.25, 0.3) is 0 Å². The minimum Gasteiger partial charge on any atom is -0.340 e. The smallest absolute Gasteiger partial charge is 0.225 e. The first-order valence-electron chi connectivity index (χ1n) is 6.01. The van der Waals surface area contributed by atoms with Crippen molar-refractivity contribution in [2.24, 2.45) is 5.92 Å². The van der Waals surface area contributed by atoms with Gasteiger partial charge in [-0.05, 0) is 26.7 Å². The molecule has 1 amide bonds. The summed E-state index contributed by atoms with van der Waals surface area (Å²) in [5, 5.41) is 0. The quantitative estimate of drug-likeness (QED) is 0.686. The van der Waals surface area contributed by atoms with Crippen molar-refractivity contribution in [2.45, 2.75) is 44.3 Å². The van der Waals surface area contributed by atoms with E-state index in [4.69, 9.17) is 0 Å². The van der Waals surface area contributed by atoms with Crippen LogP contribution in [0.3, 0.4) is 0 Å². The van der Waals surface area contributed by atoms with Gasteiger partial charge >= 0.3 is 0 Å². The summed E-state index contributed by atoms with van der Waals surface area (Å²) >= 11 is 1.99. The molecule has 15 heavy (non-hydrogen) atoms. The van der Waals surface area contributed by atoms with Crippen molar-refractivity contribution >= 4 is 17.7 Å². The van der Waals surface area contributed by atoms with E-state index in [1.165, 1.54) is 12.8 Å². The van der Waals surface area contributed by atoms with Crippen molar-refractivity contribution < 1.29 is 4.79 Å². The molecule has 1 aliphatic carbocycles. The third kappa shape index (κ3) is 2.68. The van der Waals surface area contributed by atoms with Crippen molar-refractivity contribution in [2.75, 3.05) is 18.8 Å². The molecular formula is C12H21NOS. The van der Waals surface area contributed by atoms with Gasteiger partial charge in [-0.2, -0.15) is 11.8 Å². The lowest BCUT2D eigenvalue weighted by Gasteiger charge is -2.38. The fourth-order valence-corrected chi connectivity index (χ4v) is 3.75. The minimum absolute atomic E-state index is 0.256. The van der Waals surface area contributed by atoms with Gasteiger partial charge in [-0.1, -0.05) is 12.8 Å². The Morgan fingerprint density at radius 3 is 2.60 bits per heavy atom. The summed E-state index contributed by atoms with van der Waals surface area (Å²) in [5.41, 5.74) is 0. The molecule has 2 aliphatic rings. The monoisotopic (exact) mass is 227 g/mol. The number of nitrogens with zero attached hydrogens (tertiary/aromatic N) is 1. The van der Waals surface area contributed by atoms with Crippen molar-refractivity contribution in [1.29, 1.82) is 0 Å². The lowest BCUT2D eigenvalue weighted by atomic mass is 10.1. The van der Waals surface area contributed by atoms with Crippen molar-refractivity contribution in [1.82, 2.24) is 4.90 Å². The van der Waals surface area contributed by atoms with Crippen LogP contribution in [0.15, 0.2) is 0 Å². The van der Waals surface area contributed by atoms with E-state index in [-0.39, 0.29) is 4.75 Å². The minimum atomic E-state index is 0.256. The molecule has 0 atom stereocenters. The third-order valence-electron chi connectivity index (χ3n) is 3.44. The Bertz CT molecular complexity index is 246. The summed E-state index contributed by atoms with van der Waals surface area (Å²) in [7, 11) is 0. The van der Waals surface area contributed by atoms with E-state index in [1.807, 2.05) is 11.8 Å². The predicted octanol–water partition coefficient (Wildman–Crippen LogP) is 2.53. The molecule has 0 aromatic carbocycles. The molecule has 0 aromatic rings. The SMILES string of the molecule is CC1(C)CN(C(=O)C2CCCC2)CCS1. The lowest BCUT2D eigenvalue weighted by molar-refractivity contribution is -0.135. The van der Waals surface area contributed by atoms with Crippen LogP contribution in [0.5, 0.6) is 0 Å². The fourth-order valence-electron chi connectivity index (χ4n) is 2.64. The zero-order chi connectivity index (χ0) is 10.9. The molecule has 0 unspecified atom stereocenters. The molecule has 1 heterocycles. The highest BCUT2D eigenvalue weighted by Crippen LogP contribution is 2.32. The molecular weight excluding hydrogens is 206 g/mol. The van der Waals surface area contributed by atoms with Crippen molar-refractivity contribution in [3.8, 4) is 0 Å². The molecule has 0 aromatic heterocycles. The second-order valence-electron chi connectivity index (χ2n) is 5.35.